The summed E-state index contributed by atoms with van der Waals surface area (Å²) in [6.45, 7) is 5.87. The van der Waals surface area contributed by atoms with Gasteiger partial charge in [0.2, 0.25) is 5.91 Å². The third kappa shape index (κ3) is 5.32. The average molecular weight is 348 g/mol. The summed E-state index contributed by atoms with van der Waals surface area (Å²) in [4.78, 5) is 14.4. The molecule has 0 radical (unpaired) electrons. The van der Waals surface area contributed by atoms with Gasteiger partial charge < -0.3 is 15.4 Å². The molecule has 5 nitrogen and oxygen atoms in total. The van der Waals surface area contributed by atoms with Crippen molar-refractivity contribution in [3.63, 3.8) is 0 Å². The number of carbonyl (C=O) groups excluding carboxylic acids is 1. The first-order valence-electron chi connectivity index (χ1n) is 7.18. The van der Waals surface area contributed by atoms with Gasteiger partial charge in [0.15, 0.2) is 0 Å². The monoisotopic (exact) mass is 347 g/mol. The number of carbonyl (C=O) groups is 1. The molecular formula is C15H23Cl2N3O2. The molecule has 1 saturated heterocycles. The number of hydrogen-bond donors (Lipinski definition) is 2. The highest BCUT2D eigenvalue weighted by Crippen LogP contribution is 2.27. The van der Waals surface area contributed by atoms with E-state index in [-0.39, 0.29) is 18.3 Å². The molecule has 1 aliphatic rings. The van der Waals surface area contributed by atoms with E-state index in [0.29, 0.717) is 28.9 Å². The van der Waals surface area contributed by atoms with Crippen LogP contribution in [0.25, 0.3) is 0 Å². The molecule has 1 aliphatic heterocycles. The third-order valence-corrected chi connectivity index (χ3v) is 3.94. The van der Waals surface area contributed by atoms with E-state index in [1.165, 1.54) is 0 Å². The first-order valence-corrected chi connectivity index (χ1v) is 7.56. The first-order chi connectivity index (χ1) is 10.1. The quantitative estimate of drug-likeness (QED) is 0.858. The van der Waals surface area contributed by atoms with Crippen molar-refractivity contribution < 1.29 is 9.53 Å². The van der Waals surface area contributed by atoms with Gasteiger partial charge in [-0.15, -0.1) is 12.4 Å². The van der Waals surface area contributed by atoms with Gasteiger partial charge in [-0.2, -0.15) is 0 Å². The number of amides is 1. The van der Waals surface area contributed by atoms with E-state index < -0.39 is 0 Å². The van der Waals surface area contributed by atoms with E-state index in [2.05, 4.69) is 22.5 Å². The highest BCUT2D eigenvalue weighted by atomic mass is 35.5. The summed E-state index contributed by atoms with van der Waals surface area (Å²) in [6.07, 6.45) is 0.458. The van der Waals surface area contributed by atoms with Gasteiger partial charge in [-0.3, -0.25) is 9.69 Å². The van der Waals surface area contributed by atoms with E-state index in [0.717, 1.165) is 26.2 Å². The fraction of sp³-hybridized carbons (Fsp3) is 0.533. The van der Waals surface area contributed by atoms with Crippen LogP contribution >= 0.6 is 24.0 Å². The van der Waals surface area contributed by atoms with Crippen molar-refractivity contribution in [1.82, 2.24) is 10.2 Å². The minimum absolute atomic E-state index is 0. The Bertz CT molecular complexity index is 500. The number of piperazine rings is 1. The molecular weight excluding hydrogens is 325 g/mol. The first kappa shape index (κ1) is 19.0. The molecule has 1 aromatic carbocycles. The Balaban J connectivity index is 0.00000242. The summed E-state index contributed by atoms with van der Waals surface area (Å²) in [5, 5.41) is 6.78. The summed E-state index contributed by atoms with van der Waals surface area (Å²) in [7, 11) is 1.57. The van der Waals surface area contributed by atoms with Gasteiger partial charge >= 0.3 is 0 Å². The SMILES string of the molecule is COc1ccc(Cl)cc1NC(=O)CCN1CCNC[C@@H]1C.Cl. The number of methoxy groups -OCH3 is 1. The summed E-state index contributed by atoms with van der Waals surface area (Å²) in [5.74, 6) is 0.588. The number of ether oxygens (including phenoxy) is 1. The second-order valence-corrected chi connectivity index (χ2v) is 5.67. The number of nitrogens with one attached hydrogen (secondary N) is 2. The van der Waals surface area contributed by atoms with Gasteiger partial charge in [-0.05, 0) is 25.1 Å². The van der Waals surface area contributed by atoms with Crippen LogP contribution in [-0.2, 0) is 4.79 Å². The molecule has 7 heteroatoms. The highest BCUT2D eigenvalue weighted by Gasteiger charge is 2.18. The molecule has 22 heavy (non-hydrogen) atoms. The van der Waals surface area contributed by atoms with Crippen LogP contribution in [0.15, 0.2) is 18.2 Å². The van der Waals surface area contributed by atoms with Gasteiger partial charge in [0.05, 0.1) is 12.8 Å². The normalized spacial score (nSPS) is 18.4. The summed E-state index contributed by atoms with van der Waals surface area (Å²) in [5.41, 5.74) is 0.614. The van der Waals surface area contributed by atoms with E-state index >= 15 is 0 Å². The van der Waals surface area contributed by atoms with E-state index in [9.17, 15) is 4.79 Å². The number of benzene rings is 1. The van der Waals surface area contributed by atoms with E-state index in [4.69, 9.17) is 16.3 Å². The summed E-state index contributed by atoms with van der Waals surface area (Å²) in [6, 6.07) is 5.65. The Labute approximate surface area is 142 Å². The second-order valence-electron chi connectivity index (χ2n) is 5.23. The number of nitrogens with zero attached hydrogens (tertiary/aromatic N) is 1. The van der Waals surface area contributed by atoms with Crippen molar-refractivity contribution >= 4 is 35.6 Å². The largest absolute Gasteiger partial charge is 0.495 e. The molecule has 124 valence electrons. The van der Waals surface area contributed by atoms with Crippen LogP contribution < -0.4 is 15.4 Å². The van der Waals surface area contributed by atoms with Crippen molar-refractivity contribution in [1.29, 1.82) is 0 Å². The topological polar surface area (TPSA) is 53.6 Å². The van der Waals surface area contributed by atoms with Crippen molar-refractivity contribution in [2.75, 3.05) is 38.6 Å². The Hall–Kier alpha value is -1.01. The Morgan fingerprint density at radius 1 is 1.55 bits per heavy atom. The lowest BCUT2D eigenvalue weighted by Crippen LogP contribution is -2.50. The lowest BCUT2D eigenvalue weighted by molar-refractivity contribution is -0.116. The van der Waals surface area contributed by atoms with Crippen molar-refractivity contribution in [2.24, 2.45) is 0 Å². The maximum Gasteiger partial charge on any atom is 0.225 e. The molecule has 1 fully saturated rings. The van der Waals surface area contributed by atoms with Crippen LogP contribution in [0.3, 0.4) is 0 Å². The van der Waals surface area contributed by atoms with Gasteiger partial charge in [-0.25, -0.2) is 0 Å². The number of anilines is 1. The van der Waals surface area contributed by atoms with Crippen molar-refractivity contribution in [3.05, 3.63) is 23.2 Å². The molecule has 0 bridgehead atoms. The molecule has 0 spiro atoms. The zero-order valence-corrected chi connectivity index (χ0v) is 14.5. The smallest absolute Gasteiger partial charge is 0.225 e. The maximum absolute atomic E-state index is 12.1. The van der Waals surface area contributed by atoms with Gasteiger partial charge in [0, 0.05) is 43.7 Å². The summed E-state index contributed by atoms with van der Waals surface area (Å²) < 4.78 is 5.22. The number of halogens is 2. The lowest BCUT2D eigenvalue weighted by Gasteiger charge is -2.33. The molecule has 2 N–H and O–H groups in total. The Morgan fingerprint density at radius 2 is 2.32 bits per heavy atom. The van der Waals surface area contributed by atoms with Crippen LogP contribution in [0, 0.1) is 0 Å². The minimum atomic E-state index is -0.0266. The van der Waals surface area contributed by atoms with Gasteiger partial charge in [-0.1, -0.05) is 11.6 Å². The fourth-order valence-electron chi connectivity index (χ4n) is 2.45. The van der Waals surface area contributed by atoms with Gasteiger partial charge in [0.1, 0.15) is 5.75 Å². The van der Waals surface area contributed by atoms with E-state index in [1.807, 2.05) is 0 Å². The molecule has 0 aliphatic carbocycles. The van der Waals surface area contributed by atoms with Crippen LogP contribution in [0.1, 0.15) is 13.3 Å². The predicted molar refractivity (Wildman–Crippen MR) is 92.4 cm³/mol. The second kappa shape index (κ2) is 9.20. The Kier molecular flexibility index (Phi) is 7.96. The molecule has 1 heterocycles. The molecule has 0 saturated carbocycles. The molecule has 0 aromatic heterocycles. The fourth-order valence-corrected chi connectivity index (χ4v) is 2.62. The predicted octanol–water partition coefficient (Wildman–Crippen LogP) is 2.39. The molecule has 2 rings (SSSR count). The van der Waals surface area contributed by atoms with Crippen LogP contribution in [-0.4, -0.2) is 50.1 Å². The molecule has 1 atom stereocenters. The van der Waals surface area contributed by atoms with Crippen LogP contribution in [0.5, 0.6) is 5.75 Å². The van der Waals surface area contributed by atoms with Crippen molar-refractivity contribution in [3.8, 4) is 5.75 Å². The number of hydrogen-bond acceptors (Lipinski definition) is 4. The maximum atomic E-state index is 12.1. The van der Waals surface area contributed by atoms with E-state index in [1.54, 1.807) is 25.3 Å². The number of rotatable bonds is 5. The third-order valence-electron chi connectivity index (χ3n) is 3.70. The Morgan fingerprint density at radius 3 is 3.00 bits per heavy atom. The van der Waals surface area contributed by atoms with Crippen molar-refractivity contribution in [2.45, 2.75) is 19.4 Å². The van der Waals surface area contributed by atoms with Crippen LogP contribution in [0.2, 0.25) is 5.02 Å². The van der Waals surface area contributed by atoms with Gasteiger partial charge in [0.25, 0.3) is 0 Å². The zero-order chi connectivity index (χ0) is 15.2. The molecule has 1 amide bonds. The van der Waals surface area contributed by atoms with Crippen LogP contribution in [0.4, 0.5) is 5.69 Å². The summed E-state index contributed by atoms with van der Waals surface area (Å²) >= 11 is 5.95. The lowest BCUT2D eigenvalue weighted by atomic mass is 10.2. The molecule has 1 aromatic rings. The minimum Gasteiger partial charge on any atom is -0.495 e. The zero-order valence-electron chi connectivity index (χ0n) is 12.9. The molecule has 0 unspecified atom stereocenters. The average Bonchev–Trinajstić information content (AvgIpc) is 2.47. The highest BCUT2D eigenvalue weighted by molar-refractivity contribution is 6.31. The standard InChI is InChI=1S/C15H22ClN3O2.ClH/c1-11-10-17-6-8-19(11)7-5-15(20)18-13-9-12(16)3-4-14(13)21-2;/h3-4,9,11,17H,5-8,10H2,1-2H3,(H,18,20);1H/t11-;/m0./s1.